The molecule has 0 aromatic carbocycles. The molecule has 3 atom stereocenters. The normalized spacial score (nSPS) is 51.0. The van der Waals surface area contributed by atoms with E-state index in [1.165, 1.54) is 19.3 Å². The van der Waals surface area contributed by atoms with Gasteiger partial charge in [0.2, 0.25) is 0 Å². The smallest absolute Gasteiger partial charge is 0.0573 e. The summed E-state index contributed by atoms with van der Waals surface area (Å²) in [6.45, 7) is 7.08. The molecule has 0 radical (unpaired) electrons. The van der Waals surface area contributed by atoms with Gasteiger partial charge < -0.3 is 5.11 Å². The van der Waals surface area contributed by atoms with Crippen molar-refractivity contribution in [3.05, 3.63) is 0 Å². The Morgan fingerprint density at radius 3 is 2.25 bits per heavy atom. The van der Waals surface area contributed by atoms with Gasteiger partial charge in [-0.3, -0.25) is 0 Å². The lowest BCUT2D eigenvalue weighted by Gasteiger charge is -2.48. The molecule has 2 fully saturated rings. The topological polar surface area (TPSA) is 20.2 Å². The highest BCUT2D eigenvalue weighted by Crippen LogP contribution is 2.62. The van der Waals surface area contributed by atoms with Gasteiger partial charge in [0.05, 0.1) is 6.10 Å². The third-order valence-corrected chi connectivity index (χ3v) is 4.95. The fraction of sp³-hybridized carbons (Fsp3) is 1.00. The quantitative estimate of drug-likeness (QED) is 0.589. The molecular formula is C11H20O. The largest absolute Gasteiger partial charge is 0.393 e. The third kappa shape index (κ3) is 0.834. The first-order valence-corrected chi connectivity index (χ1v) is 5.15. The van der Waals surface area contributed by atoms with Crippen LogP contribution in [0, 0.1) is 16.7 Å². The second-order valence-corrected chi connectivity index (χ2v) is 5.53. The molecule has 2 aliphatic rings. The van der Waals surface area contributed by atoms with E-state index in [9.17, 15) is 5.11 Å². The van der Waals surface area contributed by atoms with Gasteiger partial charge in [-0.15, -0.1) is 0 Å². The second kappa shape index (κ2) is 2.25. The minimum atomic E-state index is -0.0180. The van der Waals surface area contributed by atoms with Crippen molar-refractivity contribution in [3.63, 3.8) is 0 Å². The standard InChI is InChI=1S/C11H20O/c1-10(2)8-4-6-11(10,3)7-5-9(8)12/h8-9,12H,4-7H2,1-3H3/t8-,9-,11+/m1/s1. The molecule has 12 heavy (non-hydrogen) atoms. The van der Waals surface area contributed by atoms with E-state index in [0.29, 0.717) is 16.7 Å². The summed E-state index contributed by atoms with van der Waals surface area (Å²) in [5.74, 6) is 0.566. The Morgan fingerprint density at radius 1 is 1.08 bits per heavy atom. The van der Waals surface area contributed by atoms with Crippen LogP contribution in [0.5, 0.6) is 0 Å². The predicted molar refractivity (Wildman–Crippen MR) is 49.9 cm³/mol. The minimum Gasteiger partial charge on any atom is -0.393 e. The Kier molecular flexibility index (Phi) is 1.61. The lowest BCUT2D eigenvalue weighted by atomic mass is 9.58. The Labute approximate surface area is 75.2 Å². The van der Waals surface area contributed by atoms with Crippen molar-refractivity contribution in [1.82, 2.24) is 0 Å². The highest BCUT2D eigenvalue weighted by Gasteiger charge is 2.56. The van der Waals surface area contributed by atoms with E-state index in [1.807, 2.05) is 0 Å². The zero-order valence-electron chi connectivity index (χ0n) is 8.43. The van der Waals surface area contributed by atoms with Gasteiger partial charge in [0.15, 0.2) is 0 Å². The summed E-state index contributed by atoms with van der Waals surface area (Å²) in [4.78, 5) is 0. The Morgan fingerprint density at radius 2 is 1.67 bits per heavy atom. The van der Waals surface area contributed by atoms with Crippen molar-refractivity contribution in [2.45, 2.75) is 52.6 Å². The molecule has 0 saturated heterocycles. The van der Waals surface area contributed by atoms with Gasteiger partial charge in [-0.05, 0) is 42.4 Å². The highest BCUT2D eigenvalue weighted by molar-refractivity contribution is 5.05. The van der Waals surface area contributed by atoms with Crippen LogP contribution in [-0.4, -0.2) is 11.2 Å². The molecule has 2 saturated carbocycles. The van der Waals surface area contributed by atoms with E-state index in [4.69, 9.17) is 0 Å². The van der Waals surface area contributed by atoms with Gasteiger partial charge in [0.25, 0.3) is 0 Å². The van der Waals surface area contributed by atoms with E-state index < -0.39 is 0 Å². The maximum absolute atomic E-state index is 9.85. The Balaban J connectivity index is 2.34. The monoisotopic (exact) mass is 168 g/mol. The average molecular weight is 168 g/mol. The van der Waals surface area contributed by atoms with Crippen LogP contribution < -0.4 is 0 Å². The summed E-state index contributed by atoms with van der Waals surface area (Å²) < 4.78 is 0. The lowest BCUT2D eigenvalue weighted by Crippen LogP contribution is -2.43. The van der Waals surface area contributed by atoms with Gasteiger partial charge in [0, 0.05) is 0 Å². The molecule has 0 aliphatic heterocycles. The van der Waals surface area contributed by atoms with Crippen LogP contribution in [0.4, 0.5) is 0 Å². The van der Waals surface area contributed by atoms with Crippen molar-refractivity contribution in [2.75, 3.05) is 0 Å². The number of fused-ring (bicyclic) bond motifs is 2. The molecule has 70 valence electrons. The average Bonchev–Trinajstić information content (AvgIpc) is 2.16. The molecule has 0 amide bonds. The number of hydrogen-bond donors (Lipinski definition) is 1. The predicted octanol–water partition coefficient (Wildman–Crippen LogP) is 2.58. The van der Waals surface area contributed by atoms with Gasteiger partial charge in [-0.25, -0.2) is 0 Å². The summed E-state index contributed by atoms with van der Waals surface area (Å²) >= 11 is 0. The van der Waals surface area contributed by atoms with Crippen molar-refractivity contribution in [3.8, 4) is 0 Å². The van der Waals surface area contributed by atoms with Crippen molar-refractivity contribution in [1.29, 1.82) is 0 Å². The van der Waals surface area contributed by atoms with Crippen LogP contribution in [-0.2, 0) is 0 Å². The molecular weight excluding hydrogens is 148 g/mol. The van der Waals surface area contributed by atoms with Gasteiger partial charge >= 0.3 is 0 Å². The summed E-state index contributed by atoms with van der Waals surface area (Å²) in [5.41, 5.74) is 0.877. The summed E-state index contributed by atoms with van der Waals surface area (Å²) in [7, 11) is 0. The lowest BCUT2D eigenvalue weighted by molar-refractivity contribution is -0.0478. The molecule has 2 aliphatic carbocycles. The van der Waals surface area contributed by atoms with Crippen LogP contribution in [0.15, 0.2) is 0 Å². The van der Waals surface area contributed by atoms with Crippen LogP contribution in [0.3, 0.4) is 0 Å². The summed E-state index contributed by atoms with van der Waals surface area (Å²) in [6.07, 6.45) is 4.80. The van der Waals surface area contributed by atoms with Crippen molar-refractivity contribution in [2.24, 2.45) is 16.7 Å². The first kappa shape index (κ1) is 8.55. The molecule has 2 bridgehead atoms. The number of rotatable bonds is 0. The van der Waals surface area contributed by atoms with Crippen LogP contribution in [0.2, 0.25) is 0 Å². The molecule has 2 rings (SSSR count). The molecule has 0 aromatic rings. The first-order chi connectivity index (χ1) is 5.47. The minimum absolute atomic E-state index is 0.0180. The molecule has 1 heteroatoms. The van der Waals surface area contributed by atoms with Gasteiger partial charge in [0.1, 0.15) is 0 Å². The molecule has 0 aromatic heterocycles. The zero-order valence-corrected chi connectivity index (χ0v) is 8.43. The van der Waals surface area contributed by atoms with Crippen molar-refractivity contribution < 1.29 is 5.11 Å². The number of aliphatic hydroxyl groups excluding tert-OH is 1. The maximum Gasteiger partial charge on any atom is 0.0573 e. The molecule has 0 unspecified atom stereocenters. The second-order valence-electron chi connectivity index (χ2n) is 5.53. The third-order valence-electron chi connectivity index (χ3n) is 4.95. The van der Waals surface area contributed by atoms with Gasteiger partial charge in [-0.1, -0.05) is 20.8 Å². The van der Waals surface area contributed by atoms with Crippen LogP contribution in [0.1, 0.15) is 46.5 Å². The van der Waals surface area contributed by atoms with Gasteiger partial charge in [-0.2, -0.15) is 0 Å². The highest BCUT2D eigenvalue weighted by atomic mass is 16.3. The SMILES string of the molecule is CC1(C)[C@@H]2CC[C@@]1(C)CC[C@H]2O. The van der Waals surface area contributed by atoms with Crippen molar-refractivity contribution >= 4 is 0 Å². The van der Waals surface area contributed by atoms with Crippen LogP contribution >= 0.6 is 0 Å². The fourth-order valence-electron chi connectivity index (χ4n) is 3.39. The Bertz CT molecular complexity index is 197. The molecule has 1 nitrogen and oxygen atoms in total. The number of aliphatic hydroxyl groups is 1. The van der Waals surface area contributed by atoms with E-state index in [1.54, 1.807) is 0 Å². The number of hydrogen-bond acceptors (Lipinski definition) is 1. The van der Waals surface area contributed by atoms with E-state index in [0.717, 1.165) is 6.42 Å². The fourth-order valence-corrected chi connectivity index (χ4v) is 3.39. The maximum atomic E-state index is 9.85. The van der Waals surface area contributed by atoms with Crippen LogP contribution in [0.25, 0.3) is 0 Å². The summed E-state index contributed by atoms with van der Waals surface area (Å²) in [5, 5.41) is 9.85. The molecule has 0 spiro atoms. The summed E-state index contributed by atoms with van der Waals surface area (Å²) in [6, 6.07) is 0. The molecule has 0 heterocycles. The van der Waals surface area contributed by atoms with E-state index in [-0.39, 0.29) is 6.10 Å². The Hall–Kier alpha value is -0.0400. The van der Waals surface area contributed by atoms with E-state index >= 15 is 0 Å². The van der Waals surface area contributed by atoms with E-state index in [2.05, 4.69) is 20.8 Å². The first-order valence-electron chi connectivity index (χ1n) is 5.15. The molecule has 1 N–H and O–H groups in total. The zero-order chi connectivity index (χ0) is 8.98.